The zero-order chi connectivity index (χ0) is 11.6. The Labute approximate surface area is 96.3 Å². The maximum absolute atomic E-state index is 10.5. The largest absolute Gasteiger partial charge is 0.395 e. The Morgan fingerprint density at radius 2 is 2.25 bits per heavy atom. The Morgan fingerprint density at radius 1 is 1.50 bits per heavy atom. The number of carbonyl (C=O) groups is 1. The maximum Gasteiger partial charge on any atom is 0.120 e. The molecule has 1 aromatic carbocycles. The van der Waals surface area contributed by atoms with Crippen LogP contribution in [0.25, 0.3) is 0 Å². The highest BCUT2D eigenvalue weighted by molar-refractivity contribution is 5.51. The standard InChI is InChI=1S/C14H18O2/c1-11(5-8-15)12-3-2-4-13(9-12)14(10-16)6-7-14/h2-4,8-9,11,16H,5-7,10H2,1H3. The summed E-state index contributed by atoms with van der Waals surface area (Å²) in [5.41, 5.74) is 2.45. The van der Waals surface area contributed by atoms with Gasteiger partial charge in [-0.3, -0.25) is 0 Å². The van der Waals surface area contributed by atoms with Crippen LogP contribution in [-0.2, 0) is 10.2 Å². The van der Waals surface area contributed by atoms with Gasteiger partial charge >= 0.3 is 0 Å². The number of hydrogen-bond acceptors (Lipinski definition) is 2. The van der Waals surface area contributed by atoms with E-state index in [1.807, 2.05) is 6.07 Å². The van der Waals surface area contributed by atoms with Crippen molar-refractivity contribution < 1.29 is 9.90 Å². The average molecular weight is 218 g/mol. The highest BCUT2D eigenvalue weighted by Gasteiger charge is 2.43. The first kappa shape index (κ1) is 11.3. The highest BCUT2D eigenvalue weighted by atomic mass is 16.3. The van der Waals surface area contributed by atoms with Gasteiger partial charge in [0.1, 0.15) is 6.29 Å². The van der Waals surface area contributed by atoms with Crippen molar-refractivity contribution in [3.8, 4) is 0 Å². The zero-order valence-corrected chi connectivity index (χ0v) is 9.65. The molecular weight excluding hydrogens is 200 g/mol. The van der Waals surface area contributed by atoms with Crippen molar-refractivity contribution in [2.75, 3.05) is 6.61 Å². The van der Waals surface area contributed by atoms with E-state index in [1.165, 1.54) is 11.1 Å². The molecule has 0 heterocycles. The summed E-state index contributed by atoms with van der Waals surface area (Å²) in [6, 6.07) is 8.32. The Balaban J connectivity index is 2.23. The van der Waals surface area contributed by atoms with Crippen molar-refractivity contribution >= 4 is 6.29 Å². The highest BCUT2D eigenvalue weighted by Crippen LogP contribution is 2.48. The van der Waals surface area contributed by atoms with Gasteiger partial charge < -0.3 is 9.90 Å². The smallest absolute Gasteiger partial charge is 0.120 e. The number of hydrogen-bond donors (Lipinski definition) is 1. The summed E-state index contributed by atoms with van der Waals surface area (Å²) >= 11 is 0. The second-order valence-electron chi connectivity index (χ2n) is 4.87. The van der Waals surface area contributed by atoms with Crippen LogP contribution in [0.5, 0.6) is 0 Å². The van der Waals surface area contributed by atoms with Crippen molar-refractivity contribution in [1.82, 2.24) is 0 Å². The summed E-state index contributed by atoms with van der Waals surface area (Å²) in [7, 11) is 0. The van der Waals surface area contributed by atoms with Crippen molar-refractivity contribution in [3.05, 3.63) is 35.4 Å². The Kier molecular flexibility index (Phi) is 3.10. The fourth-order valence-electron chi connectivity index (χ4n) is 2.14. The molecule has 0 aromatic heterocycles. The van der Waals surface area contributed by atoms with Gasteiger partial charge in [0.15, 0.2) is 0 Å². The lowest BCUT2D eigenvalue weighted by Gasteiger charge is -2.15. The van der Waals surface area contributed by atoms with Crippen LogP contribution in [0.3, 0.4) is 0 Å². The minimum Gasteiger partial charge on any atom is -0.395 e. The summed E-state index contributed by atoms with van der Waals surface area (Å²) in [6.45, 7) is 2.30. The minimum absolute atomic E-state index is 0.0247. The quantitative estimate of drug-likeness (QED) is 0.770. The lowest BCUT2D eigenvalue weighted by molar-refractivity contribution is -0.108. The van der Waals surface area contributed by atoms with Gasteiger partial charge in [0, 0.05) is 11.8 Å². The number of rotatable bonds is 5. The summed E-state index contributed by atoms with van der Waals surface area (Å²) < 4.78 is 0. The van der Waals surface area contributed by atoms with Crippen LogP contribution in [0.1, 0.15) is 43.2 Å². The molecule has 2 nitrogen and oxygen atoms in total. The fraction of sp³-hybridized carbons (Fsp3) is 0.500. The molecule has 1 aromatic rings. The number of carbonyl (C=O) groups excluding carboxylic acids is 1. The molecule has 86 valence electrons. The number of benzene rings is 1. The molecule has 2 rings (SSSR count). The Morgan fingerprint density at radius 3 is 2.81 bits per heavy atom. The van der Waals surface area contributed by atoms with Crippen LogP contribution < -0.4 is 0 Å². The van der Waals surface area contributed by atoms with E-state index < -0.39 is 0 Å². The summed E-state index contributed by atoms with van der Waals surface area (Å²) in [4.78, 5) is 10.5. The number of aldehydes is 1. The molecule has 0 spiro atoms. The Bertz CT molecular complexity index is 380. The second-order valence-corrected chi connectivity index (χ2v) is 4.87. The summed E-state index contributed by atoms with van der Waals surface area (Å²) in [5.74, 6) is 0.270. The molecule has 16 heavy (non-hydrogen) atoms. The summed E-state index contributed by atoms with van der Waals surface area (Å²) in [5, 5.41) is 9.39. The molecule has 1 aliphatic carbocycles. The van der Waals surface area contributed by atoms with Gasteiger partial charge in [0.05, 0.1) is 6.61 Å². The first-order chi connectivity index (χ1) is 7.72. The molecule has 1 saturated carbocycles. The molecule has 1 fully saturated rings. The minimum atomic E-state index is 0.0247. The van der Waals surface area contributed by atoms with E-state index in [-0.39, 0.29) is 17.9 Å². The van der Waals surface area contributed by atoms with Gasteiger partial charge in [0.25, 0.3) is 0 Å². The normalized spacial score (nSPS) is 19.1. The molecule has 0 bridgehead atoms. The third-order valence-corrected chi connectivity index (χ3v) is 3.67. The van der Waals surface area contributed by atoms with Crippen LogP contribution in [0.2, 0.25) is 0 Å². The topological polar surface area (TPSA) is 37.3 Å². The van der Waals surface area contributed by atoms with Crippen molar-refractivity contribution in [3.63, 3.8) is 0 Å². The first-order valence-corrected chi connectivity index (χ1v) is 5.87. The van der Waals surface area contributed by atoms with Crippen LogP contribution in [0, 0.1) is 0 Å². The van der Waals surface area contributed by atoms with E-state index in [9.17, 15) is 9.90 Å². The van der Waals surface area contributed by atoms with Crippen LogP contribution in [-0.4, -0.2) is 18.0 Å². The van der Waals surface area contributed by atoms with Crippen molar-refractivity contribution in [2.45, 2.75) is 37.5 Å². The van der Waals surface area contributed by atoms with Gasteiger partial charge in [-0.2, -0.15) is 0 Å². The first-order valence-electron chi connectivity index (χ1n) is 5.87. The number of aliphatic hydroxyl groups is 1. The molecule has 0 aliphatic heterocycles. The lowest BCUT2D eigenvalue weighted by atomic mass is 9.91. The third-order valence-electron chi connectivity index (χ3n) is 3.67. The summed E-state index contributed by atoms with van der Waals surface area (Å²) in [6.07, 6.45) is 3.69. The van der Waals surface area contributed by atoms with Crippen LogP contribution in [0.4, 0.5) is 0 Å². The van der Waals surface area contributed by atoms with Gasteiger partial charge in [-0.15, -0.1) is 0 Å². The average Bonchev–Trinajstić information content (AvgIpc) is 3.10. The molecular formula is C14H18O2. The molecule has 0 saturated heterocycles. The van der Waals surface area contributed by atoms with E-state index in [0.717, 1.165) is 19.1 Å². The Hall–Kier alpha value is -1.15. The van der Waals surface area contributed by atoms with E-state index in [2.05, 4.69) is 25.1 Å². The van der Waals surface area contributed by atoms with Gasteiger partial charge in [-0.05, 0) is 29.9 Å². The van der Waals surface area contributed by atoms with E-state index in [4.69, 9.17) is 0 Å². The van der Waals surface area contributed by atoms with Gasteiger partial charge in [0.2, 0.25) is 0 Å². The van der Waals surface area contributed by atoms with Gasteiger partial charge in [-0.1, -0.05) is 31.2 Å². The van der Waals surface area contributed by atoms with E-state index in [0.29, 0.717) is 6.42 Å². The molecule has 0 radical (unpaired) electrons. The van der Waals surface area contributed by atoms with Crippen LogP contribution in [0.15, 0.2) is 24.3 Å². The van der Waals surface area contributed by atoms with Crippen molar-refractivity contribution in [1.29, 1.82) is 0 Å². The molecule has 1 N–H and O–H groups in total. The fourth-order valence-corrected chi connectivity index (χ4v) is 2.14. The van der Waals surface area contributed by atoms with Gasteiger partial charge in [-0.25, -0.2) is 0 Å². The van der Waals surface area contributed by atoms with Crippen molar-refractivity contribution in [2.24, 2.45) is 0 Å². The maximum atomic E-state index is 10.5. The predicted molar refractivity (Wildman–Crippen MR) is 63.5 cm³/mol. The van der Waals surface area contributed by atoms with E-state index >= 15 is 0 Å². The predicted octanol–water partition coefficient (Wildman–Crippen LogP) is 2.40. The molecule has 0 amide bonds. The zero-order valence-electron chi connectivity index (χ0n) is 9.65. The molecule has 2 heteroatoms. The monoisotopic (exact) mass is 218 g/mol. The molecule has 1 aliphatic rings. The van der Waals surface area contributed by atoms with E-state index in [1.54, 1.807) is 0 Å². The SMILES string of the molecule is CC(CC=O)c1cccc(C2(CO)CC2)c1. The second kappa shape index (κ2) is 4.38. The number of aliphatic hydroxyl groups excluding tert-OH is 1. The molecule has 1 atom stereocenters. The molecule has 1 unspecified atom stereocenters. The lowest BCUT2D eigenvalue weighted by Crippen LogP contribution is -2.12. The third kappa shape index (κ3) is 2.03. The van der Waals surface area contributed by atoms with Crippen LogP contribution >= 0.6 is 0 Å².